The molecule has 0 radical (unpaired) electrons. The van der Waals surface area contributed by atoms with E-state index in [0.29, 0.717) is 15.9 Å². The van der Waals surface area contributed by atoms with Crippen molar-refractivity contribution in [2.45, 2.75) is 37.7 Å². The highest BCUT2D eigenvalue weighted by atomic mass is 35.5. The highest BCUT2D eigenvalue weighted by molar-refractivity contribution is 7.84. The van der Waals surface area contributed by atoms with E-state index in [0.717, 1.165) is 11.3 Å². The van der Waals surface area contributed by atoms with Crippen molar-refractivity contribution in [1.29, 1.82) is 0 Å². The van der Waals surface area contributed by atoms with Gasteiger partial charge in [0.2, 0.25) is 5.89 Å². The number of nitrogens with zero attached hydrogens (tertiary/aromatic N) is 1. The minimum absolute atomic E-state index is 0.172. The van der Waals surface area contributed by atoms with Gasteiger partial charge in [-0.2, -0.15) is 0 Å². The molecule has 0 saturated carbocycles. The van der Waals surface area contributed by atoms with Crippen molar-refractivity contribution >= 4 is 34.0 Å². The Morgan fingerprint density at radius 3 is 2.52 bits per heavy atom. The maximum Gasteiger partial charge on any atom is 0.207 e. The lowest BCUT2D eigenvalue weighted by Gasteiger charge is -2.11. The SMILES string of the molecule is CC(C)c1cnc(CS(=O)C(C)c2ccc(Cl)c(Cl)c2)o1. The molecule has 1 aromatic heterocycles. The first-order valence-corrected chi connectivity index (χ1v) is 8.79. The zero-order valence-electron chi connectivity index (χ0n) is 12.1. The van der Waals surface area contributed by atoms with E-state index in [1.54, 1.807) is 18.3 Å². The molecule has 0 aliphatic heterocycles. The molecule has 0 fully saturated rings. The van der Waals surface area contributed by atoms with Crippen LogP contribution in [0.3, 0.4) is 0 Å². The van der Waals surface area contributed by atoms with Crippen molar-refractivity contribution in [2.24, 2.45) is 0 Å². The molecule has 0 spiro atoms. The normalized spacial score (nSPS) is 14.4. The van der Waals surface area contributed by atoms with Crippen LogP contribution in [0.4, 0.5) is 0 Å². The van der Waals surface area contributed by atoms with Gasteiger partial charge in [-0.25, -0.2) is 4.98 Å². The van der Waals surface area contributed by atoms with Crippen LogP contribution >= 0.6 is 23.2 Å². The fraction of sp³-hybridized carbons (Fsp3) is 0.400. The Hall–Kier alpha value is -0.840. The summed E-state index contributed by atoms with van der Waals surface area (Å²) in [4.78, 5) is 4.18. The standard InChI is InChI=1S/C15H17Cl2NO2S/c1-9(2)14-7-18-15(20-14)8-21(19)10(3)11-4-5-12(16)13(17)6-11/h4-7,9-10H,8H2,1-3H3. The van der Waals surface area contributed by atoms with E-state index in [4.69, 9.17) is 27.6 Å². The number of oxazole rings is 1. The average Bonchev–Trinajstić information content (AvgIpc) is 2.89. The predicted octanol–water partition coefficient (Wildman–Crippen LogP) is 5.11. The zero-order valence-corrected chi connectivity index (χ0v) is 14.4. The van der Waals surface area contributed by atoms with Crippen LogP contribution in [0.5, 0.6) is 0 Å². The second kappa shape index (κ2) is 6.95. The lowest BCUT2D eigenvalue weighted by atomic mass is 10.2. The van der Waals surface area contributed by atoms with Crippen LogP contribution in [0.15, 0.2) is 28.8 Å². The molecular weight excluding hydrogens is 329 g/mol. The molecule has 21 heavy (non-hydrogen) atoms. The van der Waals surface area contributed by atoms with E-state index in [1.807, 2.05) is 26.8 Å². The third-order valence-electron chi connectivity index (χ3n) is 3.21. The number of rotatable bonds is 5. The van der Waals surface area contributed by atoms with E-state index in [1.165, 1.54) is 0 Å². The molecule has 6 heteroatoms. The largest absolute Gasteiger partial charge is 0.444 e. The lowest BCUT2D eigenvalue weighted by molar-refractivity contribution is 0.452. The second-order valence-electron chi connectivity index (χ2n) is 5.15. The van der Waals surface area contributed by atoms with Gasteiger partial charge in [-0.15, -0.1) is 0 Å². The number of hydrogen-bond acceptors (Lipinski definition) is 3. The zero-order chi connectivity index (χ0) is 15.6. The Morgan fingerprint density at radius 2 is 1.95 bits per heavy atom. The Bertz CT molecular complexity index is 655. The highest BCUT2D eigenvalue weighted by Gasteiger charge is 2.18. The van der Waals surface area contributed by atoms with Gasteiger partial charge in [0.05, 0.1) is 21.5 Å². The van der Waals surface area contributed by atoms with E-state index in [2.05, 4.69) is 4.98 Å². The van der Waals surface area contributed by atoms with E-state index >= 15 is 0 Å². The molecule has 0 saturated heterocycles. The van der Waals surface area contributed by atoms with Gasteiger partial charge in [-0.3, -0.25) is 4.21 Å². The van der Waals surface area contributed by atoms with Gasteiger partial charge in [0.25, 0.3) is 0 Å². The molecule has 0 bridgehead atoms. The van der Waals surface area contributed by atoms with Crippen molar-refractivity contribution < 1.29 is 8.63 Å². The van der Waals surface area contributed by atoms with Crippen LogP contribution in [0.25, 0.3) is 0 Å². The van der Waals surface area contributed by atoms with Gasteiger partial charge in [-0.1, -0.05) is 43.1 Å². The molecule has 1 heterocycles. The van der Waals surface area contributed by atoms with Gasteiger partial charge in [-0.05, 0) is 24.6 Å². The van der Waals surface area contributed by atoms with Gasteiger partial charge >= 0.3 is 0 Å². The topological polar surface area (TPSA) is 43.1 Å². The fourth-order valence-corrected chi connectivity index (χ4v) is 3.21. The van der Waals surface area contributed by atoms with Crippen molar-refractivity contribution in [1.82, 2.24) is 4.98 Å². The van der Waals surface area contributed by atoms with Crippen LogP contribution in [-0.2, 0) is 16.6 Å². The first-order chi connectivity index (χ1) is 9.88. The van der Waals surface area contributed by atoms with E-state index < -0.39 is 10.8 Å². The Morgan fingerprint density at radius 1 is 1.24 bits per heavy atom. The first-order valence-electron chi connectivity index (χ1n) is 6.65. The first kappa shape index (κ1) is 16.5. The molecule has 114 valence electrons. The number of aromatic nitrogens is 1. The molecule has 0 aliphatic rings. The summed E-state index contributed by atoms with van der Waals surface area (Å²) in [7, 11) is -1.14. The molecule has 2 rings (SSSR count). The van der Waals surface area contributed by atoms with Crippen LogP contribution in [0.2, 0.25) is 10.0 Å². The molecule has 0 aliphatic carbocycles. The maximum atomic E-state index is 12.4. The highest BCUT2D eigenvalue weighted by Crippen LogP contribution is 2.29. The fourth-order valence-electron chi connectivity index (χ4n) is 1.82. The van der Waals surface area contributed by atoms with Crippen LogP contribution in [0.1, 0.15) is 49.2 Å². The molecule has 2 atom stereocenters. The smallest absolute Gasteiger partial charge is 0.207 e. The maximum absolute atomic E-state index is 12.4. The Balaban J connectivity index is 2.09. The number of hydrogen-bond donors (Lipinski definition) is 0. The molecule has 0 N–H and O–H groups in total. The Labute approximate surface area is 137 Å². The lowest BCUT2D eigenvalue weighted by Crippen LogP contribution is -2.05. The molecule has 3 nitrogen and oxygen atoms in total. The van der Waals surface area contributed by atoms with Crippen LogP contribution < -0.4 is 0 Å². The summed E-state index contributed by atoms with van der Waals surface area (Å²) in [6.07, 6.45) is 1.70. The van der Waals surface area contributed by atoms with Gasteiger partial charge < -0.3 is 4.42 Å². The third kappa shape index (κ3) is 4.09. The van der Waals surface area contributed by atoms with Gasteiger partial charge in [0.15, 0.2) is 0 Å². The number of halogens is 2. The Kier molecular flexibility index (Phi) is 5.47. The predicted molar refractivity (Wildman–Crippen MR) is 87.3 cm³/mol. The van der Waals surface area contributed by atoms with Gasteiger partial charge in [0.1, 0.15) is 11.5 Å². The monoisotopic (exact) mass is 345 g/mol. The summed E-state index contributed by atoms with van der Waals surface area (Å²) < 4.78 is 18.0. The summed E-state index contributed by atoms with van der Waals surface area (Å²) >= 11 is 11.9. The van der Waals surface area contributed by atoms with Crippen molar-refractivity contribution in [3.63, 3.8) is 0 Å². The second-order valence-corrected chi connectivity index (χ2v) is 7.72. The van der Waals surface area contributed by atoms with Crippen molar-refractivity contribution in [2.75, 3.05) is 0 Å². The molecule has 2 aromatic rings. The van der Waals surface area contributed by atoms with Crippen molar-refractivity contribution in [3.05, 3.63) is 51.7 Å². The van der Waals surface area contributed by atoms with Crippen LogP contribution in [-0.4, -0.2) is 9.19 Å². The number of benzene rings is 1. The summed E-state index contributed by atoms with van der Waals surface area (Å²) in [6.45, 7) is 5.95. The summed E-state index contributed by atoms with van der Waals surface area (Å²) in [5.74, 6) is 1.87. The molecule has 0 amide bonds. The van der Waals surface area contributed by atoms with E-state index in [9.17, 15) is 4.21 Å². The minimum Gasteiger partial charge on any atom is -0.444 e. The quantitative estimate of drug-likeness (QED) is 0.755. The van der Waals surface area contributed by atoms with Crippen LogP contribution in [0, 0.1) is 0 Å². The average molecular weight is 346 g/mol. The summed E-state index contributed by atoms with van der Waals surface area (Å²) in [5, 5.41) is 0.790. The molecule has 2 unspecified atom stereocenters. The summed E-state index contributed by atoms with van der Waals surface area (Å²) in [6, 6.07) is 5.31. The van der Waals surface area contributed by atoms with E-state index in [-0.39, 0.29) is 16.9 Å². The van der Waals surface area contributed by atoms with Gasteiger partial charge in [0, 0.05) is 16.7 Å². The molecule has 1 aromatic carbocycles. The minimum atomic E-state index is -1.14. The molecular formula is C15H17Cl2NO2S. The van der Waals surface area contributed by atoms with Crippen molar-refractivity contribution in [3.8, 4) is 0 Å². The third-order valence-corrected chi connectivity index (χ3v) is 5.54. The summed E-state index contributed by atoms with van der Waals surface area (Å²) in [5.41, 5.74) is 0.887.